The summed E-state index contributed by atoms with van der Waals surface area (Å²) in [4.78, 5) is 2.60. The van der Waals surface area contributed by atoms with Crippen molar-refractivity contribution in [3.8, 4) is 0 Å². The van der Waals surface area contributed by atoms with Gasteiger partial charge in [0.15, 0.2) is 0 Å². The maximum Gasteiger partial charge on any atom is 0.104 e. The lowest BCUT2D eigenvalue weighted by molar-refractivity contribution is -0.0837. The van der Waals surface area contributed by atoms with Gasteiger partial charge in [-0.2, -0.15) is 0 Å². The van der Waals surface area contributed by atoms with Crippen LogP contribution in [-0.2, 0) is 9.47 Å². The first kappa shape index (κ1) is 22.1. The molecule has 4 nitrogen and oxygen atoms in total. The topological polar surface area (TPSA) is 38.1 Å². The van der Waals surface area contributed by atoms with Crippen LogP contribution in [0.5, 0.6) is 0 Å². The van der Waals surface area contributed by atoms with Crippen LogP contribution in [0, 0.1) is 22.7 Å². The summed E-state index contributed by atoms with van der Waals surface area (Å²) in [5.74, 6) is 2.08. The normalized spacial score (nSPS) is 47.5. The van der Waals surface area contributed by atoms with Crippen LogP contribution >= 0.6 is 0 Å². The van der Waals surface area contributed by atoms with E-state index in [1.165, 1.54) is 89.4 Å². The van der Waals surface area contributed by atoms with Crippen molar-refractivity contribution in [2.75, 3.05) is 26.2 Å². The van der Waals surface area contributed by atoms with Gasteiger partial charge < -0.3 is 18.8 Å². The van der Waals surface area contributed by atoms with E-state index in [1.54, 1.807) is 5.57 Å². The number of hydrogen-bond acceptors (Lipinski definition) is 4. The Morgan fingerprint density at radius 1 is 1.09 bits per heavy atom. The van der Waals surface area contributed by atoms with Gasteiger partial charge in [0.05, 0.1) is 24.7 Å². The molecular formula is C30H43NO3. The Kier molecular flexibility index (Phi) is 5.17. The Labute approximate surface area is 205 Å². The maximum atomic E-state index is 6.72. The molecule has 0 N–H and O–H groups in total. The van der Waals surface area contributed by atoms with Crippen molar-refractivity contribution < 1.29 is 13.9 Å². The summed E-state index contributed by atoms with van der Waals surface area (Å²) >= 11 is 0. The maximum absolute atomic E-state index is 6.72. The van der Waals surface area contributed by atoms with Crippen LogP contribution in [0.2, 0.25) is 0 Å². The van der Waals surface area contributed by atoms with Crippen LogP contribution < -0.4 is 0 Å². The van der Waals surface area contributed by atoms with E-state index in [2.05, 4.69) is 30.9 Å². The molecule has 0 bridgehead atoms. The Morgan fingerprint density at radius 3 is 2.79 bits per heavy atom. The number of epoxide rings is 1. The van der Waals surface area contributed by atoms with Gasteiger partial charge in [0, 0.05) is 18.6 Å². The van der Waals surface area contributed by atoms with E-state index >= 15 is 0 Å². The van der Waals surface area contributed by atoms with Crippen LogP contribution in [0.4, 0.5) is 0 Å². The monoisotopic (exact) mass is 465 g/mol. The second-order valence-corrected chi connectivity index (χ2v) is 12.9. The van der Waals surface area contributed by atoms with Crippen molar-refractivity contribution in [1.82, 2.24) is 4.90 Å². The van der Waals surface area contributed by atoms with Crippen LogP contribution in [-0.4, -0.2) is 49.0 Å². The molecule has 4 heteroatoms. The molecule has 0 amide bonds. The molecule has 4 aliphatic carbocycles. The smallest absolute Gasteiger partial charge is 0.104 e. The van der Waals surface area contributed by atoms with Gasteiger partial charge in [0.1, 0.15) is 5.60 Å². The first-order valence-electron chi connectivity index (χ1n) is 14.3. The van der Waals surface area contributed by atoms with E-state index < -0.39 is 0 Å². The minimum atomic E-state index is 0.120. The van der Waals surface area contributed by atoms with Gasteiger partial charge in [-0.1, -0.05) is 25.5 Å². The van der Waals surface area contributed by atoms with Crippen LogP contribution in [0.1, 0.15) is 89.5 Å². The molecule has 7 rings (SSSR count). The lowest BCUT2D eigenvalue weighted by Crippen LogP contribution is -2.56. The van der Waals surface area contributed by atoms with Crippen molar-refractivity contribution in [2.45, 2.75) is 102 Å². The van der Waals surface area contributed by atoms with Gasteiger partial charge >= 0.3 is 0 Å². The Morgan fingerprint density at radius 2 is 1.97 bits per heavy atom. The number of fused-ring (bicyclic) bond motifs is 3. The Balaban J connectivity index is 1.05. The third-order valence-corrected chi connectivity index (χ3v) is 11.6. The van der Waals surface area contributed by atoms with Gasteiger partial charge in [-0.3, -0.25) is 0 Å². The predicted octanol–water partition coefficient (Wildman–Crippen LogP) is 6.33. The molecule has 0 unspecified atom stereocenters. The van der Waals surface area contributed by atoms with E-state index in [-0.39, 0.29) is 11.0 Å². The highest BCUT2D eigenvalue weighted by Crippen LogP contribution is 2.77. The number of likely N-dealkylation sites (tertiary alicyclic amines) is 1. The fourth-order valence-electron chi connectivity index (χ4n) is 9.77. The molecule has 186 valence electrons. The molecule has 1 aromatic heterocycles. The van der Waals surface area contributed by atoms with Crippen molar-refractivity contribution in [2.24, 2.45) is 22.7 Å². The zero-order chi connectivity index (χ0) is 23.0. The summed E-state index contributed by atoms with van der Waals surface area (Å²) in [5, 5.41) is 0. The van der Waals surface area contributed by atoms with E-state index in [4.69, 9.17) is 13.9 Å². The Bertz CT molecular complexity index is 935. The van der Waals surface area contributed by atoms with E-state index in [0.717, 1.165) is 12.5 Å². The number of furan rings is 1. The lowest BCUT2D eigenvalue weighted by Gasteiger charge is -2.58. The fraction of sp³-hybridized carbons (Fsp3) is 0.800. The average molecular weight is 466 g/mol. The van der Waals surface area contributed by atoms with Crippen LogP contribution in [0.25, 0.3) is 0 Å². The first-order valence-corrected chi connectivity index (χ1v) is 14.3. The van der Waals surface area contributed by atoms with Gasteiger partial charge in [-0.15, -0.1) is 0 Å². The minimum absolute atomic E-state index is 0.120. The molecule has 1 spiro atoms. The molecule has 6 aliphatic rings. The molecule has 1 aromatic rings. The second kappa shape index (κ2) is 7.95. The van der Waals surface area contributed by atoms with E-state index in [1.807, 2.05) is 12.5 Å². The quantitative estimate of drug-likeness (QED) is 0.280. The fourth-order valence-corrected chi connectivity index (χ4v) is 9.77. The zero-order valence-corrected chi connectivity index (χ0v) is 21.3. The lowest BCUT2D eigenvalue weighted by atomic mass is 9.46. The third kappa shape index (κ3) is 3.07. The highest BCUT2D eigenvalue weighted by atomic mass is 16.6. The van der Waals surface area contributed by atoms with Crippen molar-refractivity contribution in [1.29, 1.82) is 0 Å². The molecule has 5 fully saturated rings. The van der Waals surface area contributed by atoms with Gasteiger partial charge in [0.25, 0.3) is 0 Å². The largest absolute Gasteiger partial charge is 0.472 e. The molecular weight excluding hydrogens is 422 g/mol. The van der Waals surface area contributed by atoms with Gasteiger partial charge in [0.2, 0.25) is 0 Å². The van der Waals surface area contributed by atoms with Gasteiger partial charge in [-0.25, -0.2) is 0 Å². The summed E-state index contributed by atoms with van der Waals surface area (Å²) in [5.41, 5.74) is 3.84. The second-order valence-electron chi connectivity index (χ2n) is 12.9. The zero-order valence-electron chi connectivity index (χ0n) is 21.3. The summed E-state index contributed by atoms with van der Waals surface area (Å²) in [6, 6.07) is 2.20. The van der Waals surface area contributed by atoms with E-state index in [9.17, 15) is 0 Å². The van der Waals surface area contributed by atoms with Crippen LogP contribution in [0.15, 0.2) is 34.7 Å². The number of nitrogens with zero attached hydrogens (tertiary/aromatic N) is 1. The molecule has 0 radical (unpaired) electrons. The minimum Gasteiger partial charge on any atom is -0.472 e. The SMILES string of the molecule is C[C@]12CC[C@H](OCCCN3CCCC3)C=C1CC[C@@H]1[C@@H]2CC[C@]2(C)[C@@H](c3ccoc3)C[C@H]3O[C@]132. The summed E-state index contributed by atoms with van der Waals surface area (Å²) in [6.07, 6.45) is 20.0. The highest BCUT2D eigenvalue weighted by molar-refractivity contribution is 5.37. The molecule has 34 heavy (non-hydrogen) atoms. The molecule has 2 saturated heterocycles. The highest BCUT2D eigenvalue weighted by Gasteiger charge is 2.80. The van der Waals surface area contributed by atoms with Crippen molar-refractivity contribution >= 4 is 0 Å². The van der Waals surface area contributed by atoms with Crippen LogP contribution in [0.3, 0.4) is 0 Å². The average Bonchev–Trinajstić information content (AvgIpc) is 3.26. The first-order chi connectivity index (χ1) is 16.5. The standard InChI is InChI=1S/C30H43NO3/c1-28-11-8-23(33-16-5-15-31-13-3-4-14-31)18-22(28)6-7-25-24(28)9-12-29(2)26(21-10-17-32-20-21)19-27-30(25,29)34-27/h10,17-18,20,23-27H,3-9,11-16,19H2,1-2H3/t23-,24-,25+,26+,27+,28-,29+,30+/m0/s1. The molecule has 2 aliphatic heterocycles. The van der Waals surface area contributed by atoms with Gasteiger partial charge in [-0.05, 0) is 112 Å². The predicted molar refractivity (Wildman–Crippen MR) is 133 cm³/mol. The molecule has 3 saturated carbocycles. The van der Waals surface area contributed by atoms with Crippen molar-refractivity contribution in [3.63, 3.8) is 0 Å². The molecule has 3 heterocycles. The number of hydrogen-bond donors (Lipinski definition) is 0. The number of rotatable bonds is 6. The van der Waals surface area contributed by atoms with E-state index in [0.29, 0.717) is 29.5 Å². The summed E-state index contributed by atoms with van der Waals surface area (Å²) in [6.45, 7) is 9.87. The molecule has 8 atom stereocenters. The Hall–Kier alpha value is -1.10. The number of ether oxygens (including phenoxy) is 2. The third-order valence-electron chi connectivity index (χ3n) is 11.6. The summed E-state index contributed by atoms with van der Waals surface area (Å²) < 4.78 is 18.6. The molecule has 0 aromatic carbocycles. The summed E-state index contributed by atoms with van der Waals surface area (Å²) in [7, 11) is 0. The number of allylic oxidation sites excluding steroid dienone is 1. The van der Waals surface area contributed by atoms with Crippen molar-refractivity contribution in [3.05, 3.63) is 35.8 Å².